The molecule has 0 aliphatic heterocycles. The fraction of sp³-hybridized carbons (Fsp3) is 0.294. The van der Waals surface area contributed by atoms with Crippen molar-refractivity contribution in [3.05, 3.63) is 58.2 Å². The van der Waals surface area contributed by atoms with E-state index in [4.69, 9.17) is 4.74 Å². The number of ether oxygens (including phenoxy) is 1. The maximum atomic E-state index is 13.8. The van der Waals surface area contributed by atoms with Gasteiger partial charge in [0.15, 0.2) is 5.78 Å². The molecule has 0 radical (unpaired) electrons. The molecule has 0 saturated carbocycles. The highest BCUT2D eigenvalue weighted by atomic mass is 19.1. The van der Waals surface area contributed by atoms with E-state index in [2.05, 4.69) is 4.98 Å². The first kappa shape index (κ1) is 15.2. The Morgan fingerprint density at radius 3 is 2.67 bits per heavy atom. The third-order valence-electron chi connectivity index (χ3n) is 3.50. The summed E-state index contributed by atoms with van der Waals surface area (Å²) in [7, 11) is 1.58. The van der Waals surface area contributed by atoms with E-state index in [9.17, 15) is 9.18 Å². The molecule has 2 rings (SSSR count). The number of carbonyl (C=O) groups excluding carboxylic acids is 1. The Morgan fingerprint density at radius 2 is 2.00 bits per heavy atom. The lowest BCUT2D eigenvalue weighted by Gasteiger charge is -2.12. The van der Waals surface area contributed by atoms with Crippen LogP contribution in [0.5, 0.6) is 5.75 Å². The van der Waals surface area contributed by atoms with Crippen molar-refractivity contribution in [1.29, 1.82) is 0 Å². The molecular weight excluding hydrogens is 269 g/mol. The molecule has 0 unspecified atom stereocenters. The monoisotopic (exact) mass is 287 g/mol. The van der Waals surface area contributed by atoms with Gasteiger partial charge >= 0.3 is 0 Å². The molecule has 0 aliphatic rings. The number of nitrogens with zero attached hydrogens (tertiary/aromatic N) is 1. The molecule has 0 N–H and O–H groups in total. The lowest BCUT2D eigenvalue weighted by molar-refractivity contribution is 0.0987. The van der Waals surface area contributed by atoms with Crippen molar-refractivity contribution in [2.45, 2.75) is 27.2 Å². The average Bonchev–Trinajstić information content (AvgIpc) is 2.45. The van der Waals surface area contributed by atoms with Crippen LogP contribution in [0, 0.1) is 26.6 Å². The molecule has 1 aromatic heterocycles. The lowest BCUT2D eigenvalue weighted by atomic mass is 10.0. The molecule has 0 amide bonds. The van der Waals surface area contributed by atoms with Crippen molar-refractivity contribution in [2.75, 3.05) is 7.11 Å². The van der Waals surface area contributed by atoms with Crippen LogP contribution in [0.3, 0.4) is 0 Å². The molecule has 1 aromatic carbocycles. The van der Waals surface area contributed by atoms with Crippen LogP contribution in [-0.2, 0) is 6.42 Å². The summed E-state index contributed by atoms with van der Waals surface area (Å²) in [6.07, 6.45) is 1.73. The summed E-state index contributed by atoms with van der Waals surface area (Å²) in [4.78, 5) is 16.6. The third kappa shape index (κ3) is 3.10. The van der Waals surface area contributed by atoms with Gasteiger partial charge in [0.1, 0.15) is 11.6 Å². The Balaban J connectivity index is 2.34. The average molecular weight is 287 g/mol. The van der Waals surface area contributed by atoms with Gasteiger partial charge in [0.25, 0.3) is 0 Å². The van der Waals surface area contributed by atoms with E-state index in [0.717, 1.165) is 22.4 Å². The smallest absolute Gasteiger partial charge is 0.171 e. The van der Waals surface area contributed by atoms with Gasteiger partial charge in [0.2, 0.25) is 0 Å². The summed E-state index contributed by atoms with van der Waals surface area (Å²) in [6, 6.07) is 4.53. The summed E-state index contributed by atoms with van der Waals surface area (Å²) < 4.78 is 19.1. The number of carbonyl (C=O) groups is 1. The fourth-order valence-corrected chi connectivity index (χ4v) is 2.35. The van der Waals surface area contributed by atoms with E-state index in [-0.39, 0.29) is 17.8 Å². The number of rotatable bonds is 4. The second-order valence-corrected chi connectivity index (χ2v) is 5.13. The Kier molecular flexibility index (Phi) is 4.36. The van der Waals surface area contributed by atoms with Gasteiger partial charge in [-0.15, -0.1) is 0 Å². The van der Waals surface area contributed by atoms with Crippen molar-refractivity contribution in [2.24, 2.45) is 0 Å². The van der Waals surface area contributed by atoms with E-state index < -0.39 is 5.82 Å². The Morgan fingerprint density at radius 1 is 1.29 bits per heavy atom. The maximum absolute atomic E-state index is 13.8. The normalized spacial score (nSPS) is 10.5. The second kappa shape index (κ2) is 6.04. The number of aryl methyl sites for hydroxylation is 2. The maximum Gasteiger partial charge on any atom is 0.171 e. The minimum absolute atomic E-state index is 0.0584. The number of methoxy groups -OCH3 is 1. The first-order valence-corrected chi connectivity index (χ1v) is 6.72. The molecule has 2 aromatic rings. The first-order chi connectivity index (χ1) is 9.93. The van der Waals surface area contributed by atoms with Crippen LogP contribution in [0.15, 0.2) is 24.4 Å². The third-order valence-corrected chi connectivity index (χ3v) is 3.50. The molecule has 1 heterocycles. The van der Waals surface area contributed by atoms with Crippen LogP contribution < -0.4 is 4.74 Å². The number of pyridine rings is 1. The van der Waals surface area contributed by atoms with Crippen molar-refractivity contribution in [3.63, 3.8) is 0 Å². The van der Waals surface area contributed by atoms with Crippen molar-refractivity contribution < 1.29 is 13.9 Å². The van der Waals surface area contributed by atoms with Crippen LogP contribution in [0.4, 0.5) is 4.39 Å². The van der Waals surface area contributed by atoms with Gasteiger partial charge in [0.05, 0.1) is 24.8 Å². The topological polar surface area (TPSA) is 39.2 Å². The largest absolute Gasteiger partial charge is 0.496 e. The van der Waals surface area contributed by atoms with Crippen LogP contribution in [0.2, 0.25) is 0 Å². The zero-order valence-corrected chi connectivity index (χ0v) is 12.7. The minimum Gasteiger partial charge on any atom is -0.496 e. The highest BCUT2D eigenvalue weighted by molar-refractivity contribution is 5.97. The van der Waals surface area contributed by atoms with Gasteiger partial charge in [0, 0.05) is 17.3 Å². The zero-order valence-electron chi connectivity index (χ0n) is 12.7. The van der Waals surface area contributed by atoms with Crippen LogP contribution in [0.25, 0.3) is 0 Å². The molecule has 3 nitrogen and oxygen atoms in total. The molecule has 21 heavy (non-hydrogen) atoms. The molecule has 0 saturated heterocycles. The predicted molar refractivity (Wildman–Crippen MR) is 79.4 cm³/mol. The number of Topliss-reactive ketones (excluding diaryl/α,β-unsaturated/α-hetero) is 1. The molecule has 0 bridgehead atoms. The predicted octanol–water partition coefficient (Wildman–Crippen LogP) is 3.58. The summed E-state index contributed by atoms with van der Waals surface area (Å²) in [6.45, 7) is 5.58. The van der Waals surface area contributed by atoms with Crippen molar-refractivity contribution in [1.82, 2.24) is 4.98 Å². The van der Waals surface area contributed by atoms with Gasteiger partial charge in [-0.05, 0) is 32.9 Å². The molecule has 0 fully saturated rings. The fourth-order valence-electron chi connectivity index (χ4n) is 2.35. The van der Waals surface area contributed by atoms with E-state index in [1.54, 1.807) is 25.4 Å². The highest BCUT2D eigenvalue weighted by Gasteiger charge is 2.17. The van der Waals surface area contributed by atoms with Crippen molar-refractivity contribution in [3.8, 4) is 5.75 Å². The molecule has 110 valence electrons. The number of aromatic nitrogens is 1. The van der Waals surface area contributed by atoms with Gasteiger partial charge < -0.3 is 4.74 Å². The van der Waals surface area contributed by atoms with E-state index >= 15 is 0 Å². The van der Waals surface area contributed by atoms with E-state index in [1.165, 1.54) is 6.07 Å². The van der Waals surface area contributed by atoms with Crippen LogP contribution >= 0.6 is 0 Å². The summed E-state index contributed by atoms with van der Waals surface area (Å²) in [5.41, 5.74) is 3.30. The SMILES string of the molecule is COc1c(C)cnc(CC(=O)c2cc(C)ccc2F)c1C. The number of hydrogen-bond donors (Lipinski definition) is 0. The number of hydrogen-bond acceptors (Lipinski definition) is 3. The molecule has 0 spiro atoms. The highest BCUT2D eigenvalue weighted by Crippen LogP contribution is 2.25. The molecular formula is C17H18FNO2. The summed E-state index contributed by atoms with van der Waals surface area (Å²) >= 11 is 0. The molecule has 4 heteroatoms. The number of benzene rings is 1. The Labute approximate surface area is 123 Å². The van der Waals surface area contributed by atoms with Gasteiger partial charge in [-0.1, -0.05) is 11.6 Å². The number of ketones is 1. The van der Waals surface area contributed by atoms with Crippen molar-refractivity contribution >= 4 is 5.78 Å². The van der Waals surface area contributed by atoms with Gasteiger partial charge in [-0.2, -0.15) is 0 Å². The van der Waals surface area contributed by atoms with Gasteiger partial charge in [-0.3, -0.25) is 9.78 Å². The van der Waals surface area contributed by atoms with Gasteiger partial charge in [-0.25, -0.2) is 4.39 Å². The lowest BCUT2D eigenvalue weighted by Crippen LogP contribution is -2.10. The summed E-state index contributed by atoms with van der Waals surface area (Å²) in [5.74, 6) is -0.0578. The molecule has 0 atom stereocenters. The number of halogens is 1. The second-order valence-electron chi connectivity index (χ2n) is 5.13. The summed E-state index contributed by atoms with van der Waals surface area (Å²) in [5, 5.41) is 0. The first-order valence-electron chi connectivity index (χ1n) is 6.72. The Bertz CT molecular complexity index is 695. The Hall–Kier alpha value is -2.23. The van der Waals surface area contributed by atoms with E-state index in [0.29, 0.717) is 5.69 Å². The van der Waals surface area contributed by atoms with E-state index in [1.807, 2.05) is 20.8 Å². The quantitative estimate of drug-likeness (QED) is 0.807. The van der Waals surface area contributed by atoms with Crippen LogP contribution in [-0.4, -0.2) is 17.9 Å². The minimum atomic E-state index is -0.498. The van der Waals surface area contributed by atoms with Crippen LogP contribution in [0.1, 0.15) is 32.7 Å². The molecule has 0 aliphatic carbocycles. The zero-order chi connectivity index (χ0) is 15.6. The standard InChI is InChI=1S/C17H18FNO2/c1-10-5-6-14(18)13(7-10)16(20)8-15-12(3)17(21-4)11(2)9-19-15/h5-7,9H,8H2,1-4H3.